The van der Waals surface area contributed by atoms with E-state index >= 15 is 0 Å². The van der Waals surface area contributed by atoms with Gasteiger partial charge in [0.2, 0.25) is 5.13 Å². The molecule has 1 heterocycles. The van der Waals surface area contributed by atoms with E-state index in [1.807, 2.05) is 12.1 Å². The van der Waals surface area contributed by atoms with Crippen LogP contribution in [0.4, 0.5) is 13.9 Å². The standard InChI is InChI=1S/C17H19F2N3OS.H2/c1-17(18,19)15-21-22-16(24-15)20-14(23)13-9-7-12(8-10-13)6-5-11-3-2-4-11;/h7-11H,2-6H2,1H3,(H,20,22,23);1H. The first kappa shape index (κ1) is 17.0. The highest BCUT2D eigenvalue weighted by Gasteiger charge is 2.29. The van der Waals surface area contributed by atoms with Crippen molar-refractivity contribution in [1.82, 2.24) is 10.2 Å². The van der Waals surface area contributed by atoms with Crippen LogP contribution in [0.25, 0.3) is 0 Å². The number of nitrogens with one attached hydrogen (secondary N) is 1. The fraction of sp³-hybridized carbons (Fsp3) is 0.471. The van der Waals surface area contributed by atoms with Crippen molar-refractivity contribution in [1.29, 1.82) is 0 Å². The molecule has 1 saturated carbocycles. The number of anilines is 1. The second-order valence-corrected chi connectivity index (χ2v) is 7.26. The Morgan fingerprint density at radius 1 is 1.33 bits per heavy atom. The van der Waals surface area contributed by atoms with Gasteiger partial charge in [-0.1, -0.05) is 42.7 Å². The van der Waals surface area contributed by atoms with E-state index in [1.54, 1.807) is 12.1 Å². The minimum atomic E-state index is -3.05. The summed E-state index contributed by atoms with van der Waals surface area (Å²) in [4.78, 5) is 12.1. The molecule has 2 aromatic rings. The van der Waals surface area contributed by atoms with Crippen molar-refractivity contribution in [3.8, 4) is 0 Å². The van der Waals surface area contributed by atoms with Crippen molar-refractivity contribution in [3.05, 3.63) is 40.4 Å². The van der Waals surface area contributed by atoms with Crippen LogP contribution in [0.5, 0.6) is 0 Å². The molecule has 1 aliphatic rings. The second kappa shape index (κ2) is 6.93. The van der Waals surface area contributed by atoms with Gasteiger partial charge in [-0.05, 0) is 36.5 Å². The maximum atomic E-state index is 13.1. The summed E-state index contributed by atoms with van der Waals surface area (Å²) in [5, 5.41) is 9.17. The Hall–Kier alpha value is -1.89. The Labute approximate surface area is 144 Å². The number of amides is 1. The molecule has 1 aromatic heterocycles. The lowest BCUT2D eigenvalue weighted by atomic mass is 9.81. The largest absolute Gasteiger partial charge is 0.298 e. The van der Waals surface area contributed by atoms with Crippen molar-refractivity contribution in [2.45, 2.75) is 45.0 Å². The molecule has 0 atom stereocenters. The van der Waals surface area contributed by atoms with E-state index in [4.69, 9.17) is 0 Å². The van der Waals surface area contributed by atoms with Gasteiger partial charge >= 0.3 is 0 Å². The van der Waals surface area contributed by atoms with E-state index in [1.165, 1.54) is 31.2 Å². The average Bonchev–Trinajstić information content (AvgIpc) is 2.95. The van der Waals surface area contributed by atoms with Crippen LogP contribution in [0.2, 0.25) is 0 Å². The highest BCUT2D eigenvalue weighted by molar-refractivity contribution is 7.15. The third kappa shape index (κ3) is 4.14. The first-order valence-electron chi connectivity index (χ1n) is 8.04. The number of carbonyl (C=O) groups excluding carboxylic acids is 1. The Bertz CT molecular complexity index is 711. The molecular formula is C17H21F2N3OS. The van der Waals surface area contributed by atoms with Crippen LogP contribution in [0.15, 0.2) is 24.3 Å². The van der Waals surface area contributed by atoms with Crippen LogP contribution >= 0.6 is 11.3 Å². The van der Waals surface area contributed by atoms with Crippen LogP contribution in [-0.2, 0) is 12.3 Å². The first-order valence-corrected chi connectivity index (χ1v) is 8.85. The second-order valence-electron chi connectivity index (χ2n) is 6.29. The molecule has 0 spiro atoms. The lowest BCUT2D eigenvalue weighted by molar-refractivity contribution is 0.0165. The Morgan fingerprint density at radius 3 is 2.58 bits per heavy atom. The van der Waals surface area contributed by atoms with Crippen molar-refractivity contribution >= 4 is 22.4 Å². The molecule has 0 radical (unpaired) electrons. The molecule has 0 unspecified atom stereocenters. The summed E-state index contributed by atoms with van der Waals surface area (Å²) in [6.45, 7) is 0.751. The van der Waals surface area contributed by atoms with Crippen LogP contribution < -0.4 is 5.32 Å². The molecule has 1 fully saturated rings. The minimum Gasteiger partial charge on any atom is -0.296 e. The summed E-state index contributed by atoms with van der Waals surface area (Å²) in [6, 6.07) is 7.39. The summed E-state index contributed by atoms with van der Waals surface area (Å²) in [5.74, 6) is -2.57. The summed E-state index contributed by atoms with van der Waals surface area (Å²) < 4.78 is 26.3. The fourth-order valence-corrected chi connectivity index (χ4v) is 3.26. The zero-order valence-corrected chi connectivity index (χ0v) is 14.2. The van der Waals surface area contributed by atoms with Gasteiger partial charge in [0, 0.05) is 13.9 Å². The number of nitrogens with zero attached hydrogens (tertiary/aromatic N) is 2. The molecule has 1 aliphatic carbocycles. The molecule has 0 bridgehead atoms. The van der Waals surface area contributed by atoms with Gasteiger partial charge < -0.3 is 0 Å². The Morgan fingerprint density at radius 2 is 2.04 bits per heavy atom. The average molecular weight is 353 g/mol. The van der Waals surface area contributed by atoms with E-state index in [-0.39, 0.29) is 12.5 Å². The third-order valence-electron chi connectivity index (χ3n) is 4.30. The zero-order valence-electron chi connectivity index (χ0n) is 13.4. The summed E-state index contributed by atoms with van der Waals surface area (Å²) in [6.07, 6.45) is 6.24. The van der Waals surface area contributed by atoms with Crippen LogP contribution in [0, 0.1) is 5.92 Å². The summed E-state index contributed by atoms with van der Waals surface area (Å²) in [7, 11) is 0. The topological polar surface area (TPSA) is 54.9 Å². The number of rotatable bonds is 6. The van der Waals surface area contributed by atoms with E-state index in [2.05, 4.69) is 15.5 Å². The number of hydrogen-bond donors (Lipinski definition) is 1. The van der Waals surface area contributed by atoms with E-state index in [0.29, 0.717) is 16.9 Å². The van der Waals surface area contributed by atoms with Gasteiger partial charge in [-0.15, -0.1) is 10.2 Å². The normalized spacial score (nSPS) is 15.1. The minimum absolute atomic E-state index is 0. The van der Waals surface area contributed by atoms with Crippen molar-refractivity contribution < 1.29 is 15.0 Å². The van der Waals surface area contributed by atoms with Crippen molar-refractivity contribution in [2.24, 2.45) is 5.92 Å². The molecule has 0 saturated heterocycles. The highest BCUT2D eigenvalue weighted by atomic mass is 32.1. The molecule has 7 heteroatoms. The first-order chi connectivity index (χ1) is 11.4. The smallest absolute Gasteiger partial charge is 0.296 e. The molecule has 1 aromatic carbocycles. The van der Waals surface area contributed by atoms with E-state index in [0.717, 1.165) is 19.3 Å². The molecule has 130 valence electrons. The van der Waals surface area contributed by atoms with Crippen LogP contribution in [0.1, 0.15) is 55.0 Å². The Balaban J connectivity index is 0.00000225. The summed E-state index contributed by atoms with van der Waals surface area (Å²) >= 11 is 0.682. The highest BCUT2D eigenvalue weighted by Crippen LogP contribution is 2.32. The number of hydrogen-bond acceptors (Lipinski definition) is 4. The SMILES string of the molecule is CC(F)(F)c1nnc(NC(=O)c2ccc(CCC3CCC3)cc2)s1.[HH]. The Kier molecular flexibility index (Phi) is 4.89. The number of aryl methyl sites for hydroxylation is 1. The van der Waals surface area contributed by atoms with Crippen molar-refractivity contribution in [3.63, 3.8) is 0 Å². The number of aromatic nitrogens is 2. The number of halogens is 2. The van der Waals surface area contributed by atoms with Crippen LogP contribution in [-0.4, -0.2) is 16.1 Å². The molecule has 3 rings (SSSR count). The predicted molar refractivity (Wildman–Crippen MR) is 91.6 cm³/mol. The van der Waals surface area contributed by atoms with Gasteiger partial charge in [-0.2, -0.15) is 8.78 Å². The van der Waals surface area contributed by atoms with E-state index < -0.39 is 10.9 Å². The zero-order chi connectivity index (χ0) is 17.2. The van der Waals surface area contributed by atoms with Crippen molar-refractivity contribution in [2.75, 3.05) is 5.32 Å². The van der Waals surface area contributed by atoms with Crippen LogP contribution in [0.3, 0.4) is 0 Å². The lowest BCUT2D eigenvalue weighted by Gasteiger charge is -2.25. The molecule has 1 amide bonds. The van der Waals surface area contributed by atoms with E-state index in [9.17, 15) is 13.6 Å². The molecule has 4 nitrogen and oxygen atoms in total. The maximum Gasteiger partial charge on any atom is 0.298 e. The third-order valence-corrected chi connectivity index (χ3v) is 5.31. The molecule has 0 aliphatic heterocycles. The number of benzene rings is 1. The van der Waals surface area contributed by atoms with Gasteiger partial charge in [0.15, 0.2) is 5.01 Å². The van der Waals surface area contributed by atoms with Gasteiger partial charge in [-0.25, -0.2) is 0 Å². The quantitative estimate of drug-likeness (QED) is 0.805. The lowest BCUT2D eigenvalue weighted by Crippen LogP contribution is -2.12. The number of alkyl halides is 2. The predicted octanol–water partition coefficient (Wildman–Crippen LogP) is 4.88. The molecule has 1 N–H and O–H groups in total. The van der Waals surface area contributed by atoms with Gasteiger partial charge in [0.1, 0.15) is 0 Å². The monoisotopic (exact) mass is 353 g/mol. The molecular weight excluding hydrogens is 332 g/mol. The maximum absolute atomic E-state index is 13.1. The van der Waals surface area contributed by atoms with Gasteiger partial charge in [0.25, 0.3) is 11.8 Å². The molecule has 24 heavy (non-hydrogen) atoms. The number of carbonyl (C=O) groups is 1. The van der Waals surface area contributed by atoms with Gasteiger partial charge in [0.05, 0.1) is 0 Å². The summed E-state index contributed by atoms with van der Waals surface area (Å²) in [5.41, 5.74) is 1.68. The van der Waals surface area contributed by atoms with Gasteiger partial charge in [-0.3, -0.25) is 10.1 Å². The fourth-order valence-electron chi connectivity index (χ4n) is 2.60.